The first kappa shape index (κ1) is 26.0. The van der Waals surface area contributed by atoms with Gasteiger partial charge in [0.05, 0.1) is 4.88 Å². The van der Waals surface area contributed by atoms with Gasteiger partial charge in [0, 0.05) is 82.1 Å². The van der Waals surface area contributed by atoms with Crippen molar-refractivity contribution in [1.29, 1.82) is 0 Å². The van der Waals surface area contributed by atoms with Gasteiger partial charge in [-0.1, -0.05) is 62.7 Å². The van der Waals surface area contributed by atoms with Crippen molar-refractivity contribution >= 4 is 32.9 Å². The van der Waals surface area contributed by atoms with Gasteiger partial charge in [-0.15, -0.1) is 0 Å². The van der Waals surface area contributed by atoms with Crippen LogP contribution in [0.1, 0.15) is 16.7 Å². The lowest BCUT2D eigenvalue weighted by Gasteiger charge is -2.34. The zero-order chi connectivity index (χ0) is 25.2. The van der Waals surface area contributed by atoms with E-state index in [4.69, 9.17) is 12.2 Å². The lowest BCUT2D eigenvalue weighted by atomic mass is 9.97. The fourth-order valence-corrected chi connectivity index (χ4v) is 7.94. The lowest BCUT2D eigenvalue weighted by Crippen LogP contribution is -2.44. The number of aromatic hydroxyl groups is 1. The van der Waals surface area contributed by atoms with Crippen LogP contribution in [0.5, 0.6) is 5.75 Å². The molecule has 0 radical (unpaired) electrons. The molecule has 2 aliphatic heterocycles. The second-order valence-corrected chi connectivity index (χ2v) is 13.1. The average molecular weight is 541 g/mol. The molecule has 0 spiro atoms. The van der Waals surface area contributed by atoms with Crippen LogP contribution in [0.3, 0.4) is 0 Å². The molecule has 36 heavy (non-hydrogen) atoms. The standard InChI is InChI=1S/C28H36N4OS3/c1-20-4-6-21(7-5-20)25-27(35-36-28(25)34)22-16-23(18-31-12-8-29(2)9-13-31)26(33)24(17-22)19-32-14-10-30(3)11-15-32/h4-7,16-17,33H,8-15,18-19H2,1-3H3. The van der Waals surface area contributed by atoms with Crippen molar-refractivity contribution in [3.63, 3.8) is 0 Å². The molecular formula is C28H36N4OS3. The van der Waals surface area contributed by atoms with Crippen molar-refractivity contribution < 1.29 is 5.11 Å². The van der Waals surface area contributed by atoms with E-state index in [1.165, 1.54) is 21.6 Å². The van der Waals surface area contributed by atoms with E-state index in [9.17, 15) is 5.11 Å². The van der Waals surface area contributed by atoms with Crippen LogP contribution in [0.15, 0.2) is 36.4 Å². The highest BCUT2D eigenvalue weighted by Gasteiger charge is 2.22. The number of aryl methyl sites for hydroxylation is 1. The molecule has 1 N–H and O–H groups in total. The summed E-state index contributed by atoms with van der Waals surface area (Å²) >= 11 is 5.82. The molecule has 5 nitrogen and oxygen atoms in total. The molecule has 192 valence electrons. The highest BCUT2D eigenvalue weighted by molar-refractivity contribution is 7.80. The minimum atomic E-state index is 0.465. The van der Waals surface area contributed by atoms with Crippen LogP contribution in [0, 0.1) is 10.7 Å². The summed E-state index contributed by atoms with van der Waals surface area (Å²) in [5.74, 6) is 0.465. The van der Waals surface area contributed by atoms with Crippen LogP contribution in [-0.4, -0.2) is 91.2 Å². The third-order valence-electron chi connectivity index (χ3n) is 7.48. The first-order chi connectivity index (χ1) is 17.4. The molecule has 8 heteroatoms. The molecule has 3 aromatic rings. The zero-order valence-corrected chi connectivity index (χ0v) is 23.9. The Bertz CT molecular complexity index is 1190. The molecule has 5 rings (SSSR count). The molecule has 0 unspecified atom stereocenters. The summed E-state index contributed by atoms with van der Waals surface area (Å²) in [6, 6.07) is 13.1. The number of benzene rings is 2. The maximum Gasteiger partial charge on any atom is 0.124 e. The molecule has 0 bridgehead atoms. The largest absolute Gasteiger partial charge is 0.507 e. The van der Waals surface area contributed by atoms with Gasteiger partial charge < -0.3 is 14.9 Å². The number of hydrogen-bond donors (Lipinski definition) is 1. The van der Waals surface area contributed by atoms with Crippen LogP contribution in [-0.2, 0) is 13.1 Å². The number of piperazine rings is 2. The van der Waals surface area contributed by atoms with Crippen molar-refractivity contribution in [1.82, 2.24) is 19.6 Å². The predicted octanol–water partition coefficient (Wildman–Crippen LogP) is 5.38. The minimum Gasteiger partial charge on any atom is -0.507 e. The summed E-state index contributed by atoms with van der Waals surface area (Å²) in [5, 5.41) is 11.5. The second kappa shape index (κ2) is 11.4. The Morgan fingerprint density at radius 2 is 1.25 bits per heavy atom. The maximum atomic E-state index is 11.5. The van der Waals surface area contributed by atoms with Gasteiger partial charge in [0.1, 0.15) is 9.57 Å². The Kier molecular flexibility index (Phi) is 8.22. The van der Waals surface area contributed by atoms with E-state index in [1.807, 2.05) is 0 Å². The van der Waals surface area contributed by atoms with Crippen molar-refractivity contribution in [3.8, 4) is 27.3 Å². The molecule has 0 atom stereocenters. The zero-order valence-electron chi connectivity index (χ0n) is 21.5. The molecule has 0 saturated carbocycles. The van der Waals surface area contributed by atoms with E-state index >= 15 is 0 Å². The van der Waals surface area contributed by atoms with Crippen LogP contribution < -0.4 is 0 Å². The normalized spacial score (nSPS) is 18.6. The van der Waals surface area contributed by atoms with Crippen molar-refractivity contribution in [3.05, 3.63) is 56.9 Å². The number of rotatable bonds is 6. The Morgan fingerprint density at radius 1 is 0.750 bits per heavy atom. The van der Waals surface area contributed by atoms with Crippen LogP contribution in [0.4, 0.5) is 0 Å². The second-order valence-electron chi connectivity index (χ2n) is 10.3. The topological polar surface area (TPSA) is 33.2 Å². The number of likely N-dealkylation sites (N-methyl/N-ethyl adjacent to an activating group) is 2. The summed E-state index contributed by atoms with van der Waals surface area (Å²) in [4.78, 5) is 10.9. The quantitative estimate of drug-likeness (QED) is 0.334. The van der Waals surface area contributed by atoms with Crippen LogP contribution in [0.25, 0.3) is 21.6 Å². The molecule has 2 saturated heterocycles. The first-order valence-electron chi connectivity index (χ1n) is 12.7. The Morgan fingerprint density at radius 3 is 1.75 bits per heavy atom. The van der Waals surface area contributed by atoms with Gasteiger partial charge in [-0.3, -0.25) is 9.80 Å². The van der Waals surface area contributed by atoms with Gasteiger partial charge >= 0.3 is 0 Å². The van der Waals surface area contributed by atoms with Gasteiger partial charge in [0.2, 0.25) is 0 Å². The van der Waals surface area contributed by atoms with E-state index in [1.54, 1.807) is 20.7 Å². The Labute approximate surface area is 227 Å². The Hall–Kier alpha value is -1.65. The third-order valence-corrected chi connectivity index (χ3v) is 10.5. The number of nitrogens with zero attached hydrogens (tertiary/aromatic N) is 4. The fraction of sp³-hybridized carbons (Fsp3) is 0.464. The van der Waals surface area contributed by atoms with Crippen molar-refractivity contribution in [2.24, 2.45) is 0 Å². The van der Waals surface area contributed by atoms with Gasteiger partial charge in [-0.05, 0) is 44.3 Å². The Balaban J connectivity index is 1.53. The molecular weight excluding hydrogens is 505 g/mol. The van der Waals surface area contributed by atoms with E-state index in [0.29, 0.717) is 5.75 Å². The summed E-state index contributed by atoms with van der Waals surface area (Å²) in [6.45, 7) is 12.0. The van der Waals surface area contributed by atoms with Gasteiger partial charge in [-0.25, -0.2) is 0 Å². The number of phenols is 1. The summed E-state index contributed by atoms with van der Waals surface area (Å²) in [6.07, 6.45) is 0. The van der Waals surface area contributed by atoms with Gasteiger partial charge in [-0.2, -0.15) is 0 Å². The lowest BCUT2D eigenvalue weighted by molar-refractivity contribution is 0.144. The average Bonchev–Trinajstić information content (AvgIpc) is 3.26. The SMILES string of the molecule is Cc1ccc(-c2c(-c3cc(CN4CCN(C)CC4)c(O)c(CN4CCN(C)CC4)c3)ssc2=S)cc1. The molecule has 2 fully saturated rings. The smallest absolute Gasteiger partial charge is 0.124 e. The maximum absolute atomic E-state index is 11.5. The summed E-state index contributed by atoms with van der Waals surface area (Å²) < 4.78 is 0.938. The molecule has 1 aromatic heterocycles. The molecule has 3 heterocycles. The molecule has 0 aliphatic carbocycles. The number of phenolic OH excluding ortho intramolecular Hbond substituents is 1. The van der Waals surface area contributed by atoms with Crippen molar-refractivity contribution in [2.45, 2.75) is 20.0 Å². The van der Waals surface area contributed by atoms with E-state index in [0.717, 1.165) is 86.0 Å². The first-order valence-corrected chi connectivity index (χ1v) is 15.3. The molecule has 2 aliphatic rings. The highest BCUT2D eigenvalue weighted by Crippen LogP contribution is 2.43. The van der Waals surface area contributed by atoms with E-state index < -0.39 is 0 Å². The predicted molar refractivity (Wildman–Crippen MR) is 156 cm³/mol. The van der Waals surface area contributed by atoms with Crippen LogP contribution >= 0.6 is 32.9 Å². The third kappa shape index (κ3) is 5.91. The highest BCUT2D eigenvalue weighted by atomic mass is 32.9. The van der Waals surface area contributed by atoms with E-state index in [2.05, 4.69) is 77.0 Å². The van der Waals surface area contributed by atoms with Crippen molar-refractivity contribution in [2.75, 3.05) is 66.5 Å². The number of hydrogen-bond acceptors (Lipinski definition) is 8. The monoisotopic (exact) mass is 540 g/mol. The summed E-state index contributed by atoms with van der Waals surface area (Å²) in [7, 11) is 7.80. The van der Waals surface area contributed by atoms with Gasteiger partial charge in [0.15, 0.2) is 0 Å². The molecule has 0 amide bonds. The van der Waals surface area contributed by atoms with Crippen LogP contribution in [0.2, 0.25) is 0 Å². The minimum absolute atomic E-state index is 0.465. The molecule has 2 aromatic carbocycles. The summed E-state index contributed by atoms with van der Waals surface area (Å²) in [5.41, 5.74) is 6.81. The fourth-order valence-electron chi connectivity index (χ4n) is 5.04. The van der Waals surface area contributed by atoms with E-state index in [-0.39, 0.29) is 0 Å². The van der Waals surface area contributed by atoms with Gasteiger partial charge in [0.25, 0.3) is 0 Å².